The summed E-state index contributed by atoms with van der Waals surface area (Å²) in [6.45, 7) is 2.68. The first-order valence-corrected chi connectivity index (χ1v) is 7.01. The molecule has 1 aliphatic rings. The van der Waals surface area contributed by atoms with Gasteiger partial charge in [0.05, 0.1) is 5.75 Å². The Hall–Kier alpha value is -0.660. The Labute approximate surface area is 96.2 Å². The number of nitrogens with two attached hydrogens (primary N) is 1. The Morgan fingerprint density at radius 3 is 2.81 bits per heavy atom. The van der Waals surface area contributed by atoms with Gasteiger partial charge in [-0.25, -0.2) is 8.42 Å². The molecule has 6 nitrogen and oxygen atoms in total. The molecule has 0 bridgehead atoms. The maximum Gasteiger partial charge on any atom is 0.217 e. The fourth-order valence-corrected chi connectivity index (χ4v) is 3.36. The number of carbonyl (C=O) groups excluding carboxylic acids is 1. The van der Waals surface area contributed by atoms with Gasteiger partial charge in [0.25, 0.3) is 0 Å². The second-order valence-electron chi connectivity index (χ2n) is 4.00. The molecule has 1 saturated heterocycles. The molecule has 3 N–H and O–H groups in total. The van der Waals surface area contributed by atoms with Crippen LogP contribution in [0.15, 0.2) is 0 Å². The summed E-state index contributed by atoms with van der Waals surface area (Å²) in [6, 6.07) is -0.0508. The highest BCUT2D eigenvalue weighted by atomic mass is 32.2. The van der Waals surface area contributed by atoms with Gasteiger partial charge in [-0.15, -0.1) is 0 Å². The van der Waals surface area contributed by atoms with Crippen LogP contribution >= 0.6 is 0 Å². The minimum atomic E-state index is -3.19. The molecule has 1 unspecified atom stereocenters. The van der Waals surface area contributed by atoms with Gasteiger partial charge in [-0.2, -0.15) is 4.31 Å². The van der Waals surface area contributed by atoms with Crippen LogP contribution in [0.3, 0.4) is 0 Å². The standard InChI is InChI=1S/C9H19N3O3S/c1-8(13)11-9-3-5-12(7-9)16(14,15)6-2-4-10/h9H,2-7,10H2,1H3,(H,11,13). The van der Waals surface area contributed by atoms with Gasteiger partial charge in [0.15, 0.2) is 0 Å². The fraction of sp³-hybridized carbons (Fsp3) is 0.889. The first-order valence-electron chi connectivity index (χ1n) is 5.40. The molecule has 0 spiro atoms. The first kappa shape index (κ1) is 13.4. The molecule has 1 amide bonds. The lowest BCUT2D eigenvalue weighted by molar-refractivity contribution is -0.119. The highest BCUT2D eigenvalue weighted by molar-refractivity contribution is 7.89. The van der Waals surface area contributed by atoms with Crippen LogP contribution in [-0.4, -0.2) is 50.1 Å². The average Bonchev–Trinajstić information content (AvgIpc) is 2.63. The largest absolute Gasteiger partial charge is 0.352 e. The fourth-order valence-electron chi connectivity index (χ4n) is 1.78. The van der Waals surface area contributed by atoms with Gasteiger partial charge in [0, 0.05) is 26.1 Å². The van der Waals surface area contributed by atoms with E-state index >= 15 is 0 Å². The third-order valence-corrected chi connectivity index (χ3v) is 4.48. The molecule has 1 fully saturated rings. The monoisotopic (exact) mass is 249 g/mol. The maximum absolute atomic E-state index is 11.8. The van der Waals surface area contributed by atoms with Crippen molar-refractivity contribution in [3.63, 3.8) is 0 Å². The molecule has 1 aliphatic heterocycles. The molecule has 0 saturated carbocycles. The van der Waals surface area contributed by atoms with Crippen LogP contribution in [0.1, 0.15) is 19.8 Å². The number of hydrogen-bond donors (Lipinski definition) is 2. The molecule has 0 aromatic heterocycles. The highest BCUT2D eigenvalue weighted by Crippen LogP contribution is 2.14. The van der Waals surface area contributed by atoms with E-state index in [0.29, 0.717) is 32.5 Å². The molecule has 1 heterocycles. The third-order valence-electron chi connectivity index (χ3n) is 2.56. The summed E-state index contributed by atoms with van der Waals surface area (Å²) in [6.07, 6.45) is 1.16. The highest BCUT2D eigenvalue weighted by Gasteiger charge is 2.30. The summed E-state index contributed by atoms with van der Waals surface area (Å²) >= 11 is 0. The minimum absolute atomic E-state index is 0.0508. The molecule has 0 aliphatic carbocycles. The van der Waals surface area contributed by atoms with Crippen molar-refractivity contribution in [2.75, 3.05) is 25.4 Å². The predicted molar refractivity (Wildman–Crippen MR) is 61.3 cm³/mol. The Morgan fingerprint density at radius 2 is 2.25 bits per heavy atom. The van der Waals surface area contributed by atoms with Crippen LogP contribution in [0.25, 0.3) is 0 Å². The number of amides is 1. The van der Waals surface area contributed by atoms with Gasteiger partial charge in [-0.05, 0) is 19.4 Å². The maximum atomic E-state index is 11.8. The van der Waals surface area contributed by atoms with Crippen molar-refractivity contribution in [3.05, 3.63) is 0 Å². The Bertz CT molecular complexity index is 342. The molecule has 0 aromatic rings. The topological polar surface area (TPSA) is 92.5 Å². The molecule has 16 heavy (non-hydrogen) atoms. The summed E-state index contributed by atoms with van der Waals surface area (Å²) in [5, 5.41) is 2.73. The quantitative estimate of drug-likeness (QED) is 0.645. The van der Waals surface area contributed by atoms with Crippen LogP contribution in [0.4, 0.5) is 0 Å². The van der Waals surface area contributed by atoms with E-state index < -0.39 is 10.0 Å². The zero-order valence-electron chi connectivity index (χ0n) is 9.48. The summed E-state index contributed by atoms with van der Waals surface area (Å²) in [7, 11) is -3.19. The van der Waals surface area contributed by atoms with Crippen molar-refractivity contribution in [2.45, 2.75) is 25.8 Å². The summed E-state index contributed by atoms with van der Waals surface area (Å²) < 4.78 is 25.0. The lowest BCUT2D eigenvalue weighted by Crippen LogP contribution is -2.38. The van der Waals surface area contributed by atoms with Crippen LogP contribution in [0.2, 0.25) is 0 Å². The van der Waals surface area contributed by atoms with Gasteiger partial charge < -0.3 is 11.1 Å². The Balaban J connectivity index is 2.48. The van der Waals surface area contributed by atoms with Crippen molar-refractivity contribution >= 4 is 15.9 Å². The van der Waals surface area contributed by atoms with E-state index in [2.05, 4.69) is 5.32 Å². The SMILES string of the molecule is CC(=O)NC1CCN(S(=O)(=O)CCCN)C1. The van der Waals surface area contributed by atoms with Gasteiger partial charge in [-0.1, -0.05) is 0 Å². The van der Waals surface area contributed by atoms with E-state index in [1.54, 1.807) is 0 Å². The van der Waals surface area contributed by atoms with Crippen molar-refractivity contribution < 1.29 is 13.2 Å². The van der Waals surface area contributed by atoms with Gasteiger partial charge in [0.1, 0.15) is 0 Å². The van der Waals surface area contributed by atoms with E-state index in [1.807, 2.05) is 0 Å². The number of sulfonamides is 1. The first-order chi connectivity index (χ1) is 7.45. The van der Waals surface area contributed by atoms with Gasteiger partial charge in [0.2, 0.25) is 15.9 Å². The Morgan fingerprint density at radius 1 is 1.56 bits per heavy atom. The van der Waals surface area contributed by atoms with Crippen molar-refractivity contribution in [2.24, 2.45) is 5.73 Å². The lowest BCUT2D eigenvalue weighted by atomic mass is 10.3. The lowest BCUT2D eigenvalue weighted by Gasteiger charge is -2.16. The van der Waals surface area contributed by atoms with Crippen LogP contribution in [0.5, 0.6) is 0 Å². The summed E-state index contributed by atoms with van der Waals surface area (Å²) in [4.78, 5) is 10.8. The summed E-state index contributed by atoms with van der Waals surface area (Å²) in [5.74, 6) is -0.0257. The second kappa shape index (κ2) is 5.60. The van der Waals surface area contributed by atoms with Gasteiger partial charge in [-0.3, -0.25) is 4.79 Å². The van der Waals surface area contributed by atoms with Crippen molar-refractivity contribution in [1.29, 1.82) is 0 Å². The number of nitrogens with one attached hydrogen (secondary N) is 1. The third kappa shape index (κ3) is 3.73. The average molecular weight is 249 g/mol. The smallest absolute Gasteiger partial charge is 0.217 e. The van der Waals surface area contributed by atoms with Gasteiger partial charge >= 0.3 is 0 Å². The zero-order chi connectivity index (χ0) is 12.2. The van der Waals surface area contributed by atoms with E-state index in [1.165, 1.54) is 11.2 Å². The number of carbonyl (C=O) groups is 1. The van der Waals surface area contributed by atoms with E-state index in [-0.39, 0.29) is 17.7 Å². The van der Waals surface area contributed by atoms with Crippen LogP contribution < -0.4 is 11.1 Å². The molecule has 1 rings (SSSR count). The second-order valence-corrected chi connectivity index (χ2v) is 6.09. The summed E-state index contributed by atoms with van der Waals surface area (Å²) in [5.41, 5.74) is 5.29. The predicted octanol–water partition coefficient (Wildman–Crippen LogP) is -1.12. The zero-order valence-corrected chi connectivity index (χ0v) is 10.3. The molecule has 7 heteroatoms. The van der Waals surface area contributed by atoms with Crippen LogP contribution in [0, 0.1) is 0 Å². The molecular formula is C9H19N3O3S. The molecule has 0 aromatic carbocycles. The number of rotatable bonds is 5. The molecule has 1 atom stereocenters. The number of hydrogen-bond acceptors (Lipinski definition) is 4. The van der Waals surface area contributed by atoms with E-state index in [0.717, 1.165) is 0 Å². The van der Waals surface area contributed by atoms with Crippen LogP contribution in [-0.2, 0) is 14.8 Å². The molecular weight excluding hydrogens is 230 g/mol. The van der Waals surface area contributed by atoms with E-state index in [4.69, 9.17) is 5.73 Å². The normalized spacial score (nSPS) is 22.2. The molecule has 0 radical (unpaired) electrons. The van der Waals surface area contributed by atoms with E-state index in [9.17, 15) is 13.2 Å². The van der Waals surface area contributed by atoms with Crippen molar-refractivity contribution in [1.82, 2.24) is 9.62 Å². The molecule has 94 valence electrons. The minimum Gasteiger partial charge on any atom is -0.352 e. The Kier molecular flexibility index (Phi) is 4.69. The number of nitrogens with zero attached hydrogens (tertiary/aromatic N) is 1. The van der Waals surface area contributed by atoms with Crippen molar-refractivity contribution in [3.8, 4) is 0 Å².